The lowest BCUT2D eigenvalue weighted by atomic mass is 9.87. The van der Waals surface area contributed by atoms with Crippen LogP contribution in [0.1, 0.15) is 23.3 Å². The number of aromatic nitrogens is 2. The number of rotatable bonds is 5. The Morgan fingerprint density at radius 1 is 1.40 bits per heavy atom. The lowest BCUT2D eigenvalue weighted by Crippen LogP contribution is -2.55. The molecule has 0 unspecified atom stereocenters. The van der Waals surface area contributed by atoms with Crippen LogP contribution in [0.4, 0.5) is 0 Å². The van der Waals surface area contributed by atoms with Crippen LogP contribution in [0.3, 0.4) is 0 Å². The predicted molar refractivity (Wildman–Crippen MR) is 98.6 cm³/mol. The zero-order valence-corrected chi connectivity index (χ0v) is 15.2. The molecule has 4 rings (SSSR count). The van der Waals surface area contributed by atoms with Gasteiger partial charge < -0.3 is 10.6 Å². The molecule has 0 aliphatic carbocycles. The standard InChI is InChI=1S/C18H25N5OS/c24-17(18(4-7-19-8-5-18)23-10-1-6-21-23)20-9-12-22-11-2-16-15(14-22)3-13-25-16/h1,3,6,10,13,19H,2,4-5,7-9,11-12,14H2,(H,20,24). The van der Waals surface area contributed by atoms with E-state index in [1.165, 1.54) is 10.4 Å². The van der Waals surface area contributed by atoms with Crippen LogP contribution in [0.2, 0.25) is 0 Å². The number of nitrogens with zero attached hydrogens (tertiary/aromatic N) is 3. The van der Waals surface area contributed by atoms with Gasteiger partial charge in [-0.15, -0.1) is 11.3 Å². The number of hydrogen-bond acceptors (Lipinski definition) is 5. The van der Waals surface area contributed by atoms with Gasteiger partial charge in [-0.25, -0.2) is 0 Å². The average Bonchev–Trinajstić information content (AvgIpc) is 3.33. The van der Waals surface area contributed by atoms with Crippen LogP contribution < -0.4 is 10.6 Å². The lowest BCUT2D eigenvalue weighted by molar-refractivity contribution is -0.132. The van der Waals surface area contributed by atoms with Crippen LogP contribution in [-0.4, -0.2) is 53.3 Å². The minimum Gasteiger partial charge on any atom is -0.353 e. The van der Waals surface area contributed by atoms with Crippen molar-refractivity contribution in [3.8, 4) is 0 Å². The Balaban J connectivity index is 1.35. The Kier molecular flexibility index (Phi) is 4.87. The number of carbonyl (C=O) groups is 1. The molecule has 0 bridgehead atoms. The van der Waals surface area contributed by atoms with E-state index in [1.54, 1.807) is 6.20 Å². The molecule has 25 heavy (non-hydrogen) atoms. The van der Waals surface area contributed by atoms with Crippen LogP contribution in [0.25, 0.3) is 0 Å². The second kappa shape index (κ2) is 7.27. The van der Waals surface area contributed by atoms with E-state index in [-0.39, 0.29) is 5.91 Å². The summed E-state index contributed by atoms with van der Waals surface area (Å²) in [6.07, 6.45) is 6.35. The van der Waals surface area contributed by atoms with Crippen molar-refractivity contribution < 1.29 is 4.79 Å². The van der Waals surface area contributed by atoms with Crippen LogP contribution in [0.5, 0.6) is 0 Å². The maximum atomic E-state index is 13.0. The molecule has 0 atom stereocenters. The van der Waals surface area contributed by atoms with Gasteiger partial charge in [-0.1, -0.05) is 0 Å². The normalized spacial score (nSPS) is 20.2. The second-order valence-corrected chi connectivity index (χ2v) is 7.88. The smallest absolute Gasteiger partial charge is 0.248 e. The summed E-state index contributed by atoms with van der Waals surface area (Å²) in [5, 5.41) is 13.1. The average molecular weight is 359 g/mol. The first kappa shape index (κ1) is 16.8. The summed E-state index contributed by atoms with van der Waals surface area (Å²) in [7, 11) is 0. The monoisotopic (exact) mass is 359 g/mol. The summed E-state index contributed by atoms with van der Waals surface area (Å²) in [5.74, 6) is 0.103. The summed E-state index contributed by atoms with van der Waals surface area (Å²) < 4.78 is 1.85. The first-order valence-corrected chi connectivity index (χ1v) is 9.93. The van der Waals surface area contributed by atoms with Crippen molar-refractivity contribution in [2.75, 3.05) is 32.7 Å². The Labute approximate surface area is 152 Å². The quantitative estimate of drug-likeness (QED) is 0.842. The topological polar surface area (TPSA) is 62.2 Å². The minimum atomic E-state index is -0.544. The van der Waals surface area contributed by atoms with E-state index in [0.29, 0.717) is 6.54 Å². The van der Waals surface area contributed by atoms with Crippen LogP contribution in [0, 0.1) is 0 Å². The molecular formula is C18H25N5OS. The SMILES string of the molecule is O=C(NCCN1CCc2sccc2C1)C1(n2cccn2)CCNCC1. The van der Waals surface area contributed by atoms with E-state index in [1.807, 2.05) is 28.3 Å². The third-order valence-electron chi connectivity index (χ3n) is 5.40. The zero-order valence-electron chi connectivity index (χ0n) is 14.4. The van der Waals surface area contributed by atoms with Crippen molar-refractivity contribution in [2.45, 2.75) is 31.3 Å². The van der Waals surface area contributed by atoms with Gasteiger partial charge in [0, 0.05) is 43.4 Å². The first-order valence-electron chi connectivity index (χ1n) is 9.05. The Bertz CT molecular complexity index is 705. The van der Waals surface area contributed by atoms with E-state index < -0.39 is 5.54 Å². The number of piperidine rings is 1. The molecule has 0 radical (unpaired) electrons. The van der Waals surface area contributed by atoms with E-state index in [4.69, 9.17) is 0 Å². The molecule has 1 amide bonds. The molecule has 2 aliphatic rings. The highest BCUT2D eigenvalue weighted by Crippen LogP contribution is 2.27. The third-order valence-corrected chi connectivity index (χ3v) is 6.42. The molecule has 0 aromatic carbocycles. The fourth-order valence-corrected chi connectivity index (χ4v) is 4.80. The number of nitrogens with one attached hydrogen (secondary N) is 2. The van der Waals surface area contributed by atoms with Crippen LogP contribution in [-0.2, 0) is 23.3 Å². The van der Waals surface area contributed by atoms with Gasteiger partial charge in [0.2, 0.25) is 5.91 Å². The van der Waals surface area contributed by atoms with Crippen LogP contribution in [0.15, 0.2) is 29.9 Å². The minimum absolute atomic E-state index is 0.103. The molecule has 0 spiro atoms. The maximum absolute atomic E-state index is 13.0. The largest absolute Gasteiger partial charge is 0.353 e. The molecule has 2 aromatic heterocycles. The summed E-state index contributed by atoms with van der Waals surface area (Å²) in [4.78, 5) is 17.0. The van der Waals surface area contributed by atoms with Gasteiger partial charge in [0.1, 0.15) is 5.54 Å². The highest BCUT2D eigenvalue weighted by Gasteiger charge is 2.41. The van der Waals surface area contributed by atoms with Crippen molar-refractivity contribution >= 4 is 17.2 Å². The zero-order chi connectivity index (χ0) is 17.1. The molecule has 1 saturated heterocycles. The van der Waals surface area contributed by atoms with Crippen LogP contribution >= 0.6 is 11.3 Å². The molecule has 7 heteroatoms. The number of hydrogen-bond donors (Lipinski definition) is 2. The van der Waals surface area contributed by atoms with Crippen molar-refractivity contribution in [1.82, 2.24) is 25.3 Å². The van der Waals surface area contributed by atoms with Gasteiger partial charge in [-0.3, -0.25) is 14.4 Å². The van der Waals surface area contributed by atoms with Gasteiger partial charge in [-0.05, 0) is 55.4 Å². The van der Waals surface area contributed by atoms with Gasteiger partial charge in [0.15, 0.2) is 0 Å². The third kappa shape index (κ3) is 3.36. The predicted octanol–water partition coefficient (Wildman–Crippen LogP) is 1.20. The summed E-state index contributed by atoms with van der Waals surface area (Å²) in [6, 6.07) is 4.12. The number of carbonyl (C=O) groups excluding carboxylic acids is 1. The molecule has 2 aliphatic heterocycles. The molecule has 4 heterocycles. The van der Waals surface area contributed by atoms with Crippen molar-refractivity contribution in [3.63, 3.8) is 0 Å². The number of fused-ring (bicyclic) bond motifs is 1. The Hall–Kier alpha value is -1.70. The lowest BCUT2D eigenvalue weighted by Gasteiger charge is -2.36. The summed E-state index contributed by atoms with van der Waals surface area (Å²) in [5.41, 5.74) is 0.908. The summed E-state index contributed by atoms with van der Waals surface area (Å²) >= 11 is 1.86. The van der Waals surface area contributed by atoms with Crippen molar-refractivity contribution in [3.05, 3.63) is 40.3 Å². The van der Waals surface area contributed by atoms with Gasteiger partial charge in [-0.2, -0.15) is 5.10 Å². The highest BCUT2D eigenvalue weighted by molar-refractivity contribution is 7.10. The molecular weight excluding hydrogens is 334 g/mol. The Morgan fingerprint density at radius 2 is 2.28 bits per heavy atom. The molecule has 134 valence electrons. The molecule has 6 nitrogen and oxygen atoms in total. The maximum Gasteiger partial charge on any atom is 0.248 e. The summed E-state index contributed by atoms with van der Waals surface area (Å²) in [6.45, 7) is 5.37. The van der Waals surface area contributed by atoms with Crippen molar-refractivity contribution in [2.24, 2.45) is 0 Å². The van der Waals surface area contributed by atoms with Crippen molar-refractivity contribution in [1.29, 1.82) is 0 Å². The Morgan fingerprint density at radius 3 is 3.08 bits per heavy atom. The molecule has 2 N–H and O–H groups in total. The van der Waals surface area contributed by atoms with E-state index in [2.05, 4.69) is 32.1 Å². The van der Waals surface area contributed by atoms with Gasteiger partial charge in [0.05, 0.1) is 0 Å². The first-order chi connectivity index (χ1) is 12.3. The number of amides is 1. The van der Waals surface area contributed by atoms with E-state index >= 15 is 0 Å². The van der Waals surface area contributed by atoms with E-state index in [9.17, 15) is 4.79 Å². The molecule has 2 aromatic rings. The van der Waals surface area contributed by atoms with Gasteiger partial charge >= 0.3 is 0 Å². The molecule has 1 fully saturated rings. The second-order valence-electron chi connectivity index (χ2n) is 6.88. The fraction of sp³-hybridized carbons (Fsp3) is 0.556. The molecule has 0 saturated carbocycles. The van der Waals surface area contributed by atoms with E-state index in [0.717, 1.165) is 52.0 Å². The van der Waals surface area contributed by atoms with Gasteiger partial charge in [0.25, 0.3) is 0 Å². The number of thiophene rings is 1. The fourth-order valence-electron chi connectivity index (χ4n) is 3.91. The highest BCUT2D eigenvalue weighted by atomic mass is 32.1.